The van der Waals surface area contributed by atoms with Gasteiger partial charge in [0.1, 0.15) is 0 Å². The largest absolute Gasteiger partial charge is 0.298 e. The first kappa shape index (κ1) is 14.5. The minimum Gasteiger partial charge on any atom is -0.298 e. The average molecular weight is 341 g/mol. The maximum atomic E-state index is 4.70. The number of halogens is 1. The number of piperazine rings is 1. The number of aryl methyl sites for hydroxylation is 2. The predicted molar refractivity (Wildman–Crippen MR) is 84.9 cm³/mol. The van der Waals surface area contributed by atoms with Gasteiger partial charge in [0, 0.05) is 45.3 Å². The van der Waals surface area contributed by atoms with Crippen molar-refractivity contribution in [2.75, 3.05) is 26.2 Å². The molecule has 0 atom stereocenters. The Bertz CT molecular complexity index is 459. The van der Waals surface area contributed by atoms with E-state index in [0.717, 1.165) is 25.6 Å². The Kier molecular flexibility index (Phi) is 4.48. The van der Waals surface area contributed by atoms with E-state index in [1.54, 1.807) is 0 Å². The molecule has 3 rings (SSSR count). The third kappa shape index (κ3) is 2.95. The maximum Gasteiger partial charge on any atom is 0.0767 e. The topological polar surface area (TPSA) is 24.3 Å². The fraction of sp³-hybridized carbons (Fsp3) is 0.800. The molecule has 0 unspecified atom stereocenters. The van der Waals surface area contributed by atoms with Gasteiger partial charge in [-0.2, -0.15) is 5.10 Å². The number of hydrogen-bond acceptors (Lipinski definition) is 3. The molecule has 1 saturated carbocycles. The molecule has 1 saturated heterocycles. The van der Waals surface area contributed by atoms with E-state index >= 15 is 0 Å². The Balaban J connectivity index is 1.64. The van der Waals surface area contributed by atoms with Crippen LogP contribution >= 0.6 is 15.9 Å². The van der Waals surface area contributed by atoms with Gasteiger partial charge in [0.2, 0.25) is 0 Å². The first-order valence-corrected chi connectivity index (χ1v) is 8.72. The maximum absolute atomic E-state index is 4.70. The van der Waals surface area contributed by atoms with Crippen LogP contribution in [0.15, 0.2) is 4.47 Å². The molecule has 5 heteroatoms. The molecule has 112 valence electrons. The highest BCUT2D eigenvalue weighted by Gasteiger charge is 2.31. The minimum atomic E-state index is 0.914. The van der Waals surface area contributed by atoms with Crippen molar-refractivity contribution >= 4 is 15.9 Å². The number of rotatable bonds is 5. The van der Waals surface area contributed by atoms with Crippen molar-refractivity contribution in [3.05, 3.63) is 15.9 Å². The Morgan fingerprint density at radius 3 is 2.40 bits per heavy atom. The summed E-state index contributed by atoms with van der Waals surface area (Å²) in [5.74, 6) is 0. The summed E-state index contributed by atoms with van der Waals surface area (Å²) >= 11 is 3.75. The Labute approximate surface area is 130 Å². The highest BCUT2D eigenvalue weighted by Crippen LogP contribution is 2.28. The van der Waals surface area contributed by atoms with Crippen LogP contribution in [0, 0.1) is 0 Å². The van der Waals surface area contributed by atoms with E-state index in [9.17, 15) is 0 Å². The van der Waals surface area contributed by atoms with Gasteiger partial charge in [-0.1, -0.05) is 6.92 Å². The molecular formula is C15H25BrN4. The summed E-state index contributed by atoms with van der Waals surface area (Å²) in [5, 5.41) is 4.70. The zero-order chi connectivity index (χ0) is 14.1. The smallest absolute Gasteiger partial charge is 0.0767 e. The molecule has 1 aliphatic heterocycles. The molecule has 1 aliphatic carbocycles. The van der Waals surface area contributed by atoms with E-state index in [0.29, 0.717) is 0 Å². The zero-order valence-corrected chi connectivity index (χ0v) is 14.2. The Morgan fingerprint density at radius 2 is 1.85 bits per heavy atom. The van der Waals surface area contributed by atoms with E-state index in [-0.39, 0.29) is 0 Å². The summed E-state index contributed by atoms with van der Waals surface area (Å²) in [4.78, 5) is 5.24. The van der Waals surface area contributed by atoms with Gasteiger partial charge in [0.15, 0.2) is 0 Å². The normalized spacial score (nSPS) is 21.6. The van der Waals surface area contributed by atoms with Gasteiger partial charge in [-0.3, -0.25) is 14.5 Å². The van der Waals surface area contributed by atoms with Crippen LogP contribution in [0.5, 0.6) is 0 Å². The van der Waals surface area contributed by atoms with Crippen LogP contribution in [-0.4, -0.2) is 51.8 Å². The first-order chi connectivity index (χ1) is 9.72. The molecule has 2 heterocycles. The fourth-order valence-electron chi connectivity index (χ4n) is 3.11. The monoisotopic (exact) mass is 340 g/mol. The Morgan fingerprint density at radius 1 is 1.15 bits per heavy atom. The highest BCUT2D eigenvalue weighted by molar-refractivity contribution is 9.10. The second-order valence-corrected chi connectivity index (χ2v) is 6.71. The lowest BCUT2D eigenvalue weighted by molar-refractivity contribution is 0.119. The van der Waals surface area contributed by atoms with Crippen molar-refractivity contribution in [3.63, 3.8) is 0 Å². The molecule has 0 aromatic carbocycles. The van der Waals surface area contributed by atoms with Crippen LogP contribution in [0.1, 0.15) is 38.1 Å². The molecule has 2 aliphatic rings. The molecule has 20 heavy (non-hydrogen) atoms. The second kappa shape index (κ2) is 6.16. The van der Waals surface area contributed by atoms with Crippen LogP contribution in [0.4, 0.5) is 0 Å². The molecule has 0 radical (unpaired) electrons. The van der Waals surface area contributed by atoms with E-state index in [1.807, 2.05) is 0 Å². The molecular weight excluding hydrogens is 316 g/mol. The highest BCUT2D eigenvalue weighted by atomic mass is 79.9. The minimum absolute atomic E-state index is 0.914. The van der Waals surface area contributed by atoms with Crippen LogP contribution < -0.4 is 0 Å². The quantitative estimate of drug-likeness (QED) is 0.823. The second-order valence-electron chi connectivity index (χ2n) is 5.92. The molecule has 2 fully saturated rings. The van der Waals surface area contributed by atoms with Crippen molar-refractivity contribution in [2.45, 2.75) is 52.2 Å². The summed E-state index contributed by atoms with van der Waals surface area (Å²) in [6, 6.07) is 0.914. The summed E-state index contributed by atoms with van der Waals surface area (Å²) in [5.41, 5.74) is 2.54. The van der Waals surface area contributed by atoms with Gasteiger partial charge in [0.05, 0.1) is 15.9 Å². The molecule has 4 nitrogen and oxygen atoms in total. The summed E-state index contributed by atoms with van der Waals surface area (Å²) in [7, 11) is 0. The predicted octanol–water partition coefficient (Wildman–Crippen LogP) is 2.51. The van der Waals surface area contributed by atoms with Crippen molar-refractivity contribution in [1.29, 1.82) is 0 Å². The molecule has 0 N–H and O–H groups in total. The van der Waals surface area contributed by atoms with Gasteiger partial charge >= 0.3 is 0 Å². The summed E-state index contributed by atoms with van der Waals surface area (Å²) in [6.07, 6.45) is 3.85. The standard InChI is InChI=1S/C15H25BrN4/c1-3-13-15(16)14(20(4-2)17-13)11-18-7-9-19(10-8-18)12-5-6-12/h12H,3-11H2,1-2H3. The lowest BCUT2D eigenvalue weighted by atomic mass is 10.2. The third-order valence-corrected chi connectivity index (χ3v) is 5.45. The van der Waals surface area contributed by atoms with Crippen LogP contribution in [-0.2, 0) is 19.5 Å². The van der Waals surface area contributed by atoms with Gasteiger partial charge in [0.25, 0.3) is 0 Å². The molecule has 0 amide bonds. The summed E-state index contributed by atoms with van der Waals surface area (Å²) in [6.45, 7) is 11.2. The van der Waals surface area contributed by atoms with E-state index in [4.69, 9.17) is 5.10 Å². The molecule has 0 bridgehead atoms. The van der Waals surface area contributed by atoms with Gasteiger partial charge in [-0.25, -0.2) is 0 Å². The fourth-order valence-corrected chi connectivity index (χ4v) is 3.80. The van der Waals surface area contributed by atoms with E-state index in [1.165, 1.54) is 54.9 Å². The zero-order valence-electron chi connectivity index (χ0n) is 12.6. The van der Waals surface area contributed by atoms with Gasteiger partial charge < -0.3 is 0 Å². The number of nitrogens with zero attached hydrogens (tertiary/aromatic N) is 4. The Hall–Kier alpha value is -0.390. The lowest BCUT2D eigenvalue weighted by Gasteiger charge is -2.34. The van der Waals surface area contributed by atoms with Crippen LogP contribution in [0.25, 0.3) is 0 Å². The van der Waals surface area contributed by atoms with E-state index < -0.39 is 0 Å². The van der Waals surface area contributed by atoms with Crippen molar-refractivity contribution in [1.82, 2.24) is 19.6 Å². The van der Waals surface area contributed by atoms with E-state index in [2.05, 4.69) is 44.3 Å². The van der Waals surface area contributed by atoms with Crippen molar-refractivity contribution in [2.24, 2.45) is 0 Å². The van der Waals surface area contributed by atoms with Crippen LogP contribution in [0.2, 0.25) is 0 Å². The van der Waals surface area contributed by atoms with Gasteiger partial charge in [-0.05, 0) is 42.1 Å². The van der Waals surface area contributed by atoms with Crippen LogP contribution in [0.3, 0.4) is 0 Å². The molecule has 1 aromatic rings. The summed E-state index contributed by atoms with van der Waals surface area (Å²) < 4.78 is 3.39. The average Bonchev–Trinajstić information content (AvgIpc) is 3.27. The lowest BCUT2D eigenvalue weighted by Crippen LogP contribution is -2.46. The molecule has 1 aromatic heterocycles. The number of aromatic nitrogens is 2. The first-order valence-electron chi connectivity index (χ1n) is 7.93. The van der Waals surface area contributed by atoms with Crippen molar-refractivity contribution < 1.29 is 0 Å². The van der Waals surface area contributed by atoms with Gasteiger partial charge in [-0.15, -0.1) is 0 Å². The SMILES string of the molecule is CCc1nn(CC)c(CN2CCN(C3CC3)CC2)c1Br. The van der Waals surface area contributed by atoms with Crippen molar-refractivity contribution in [3.8, 4) is 0 Å². The molecule has 0 spiro atoms. The third-order valence-electron chi connectivity index (χ3n) is 4.54. The number of hydrogen-bond donors (Lipinski definition) is 0.